The molecule has 2 aromatic heterocycles. The lowest BCUT2D eigenvalue weighted by molar-refractivity contribution is -0.116. The highest BCUT2D eigenvalue weighted by Gasteiger charge is 2.18. The number of aryl methyl sites for hydroxylation is 1. The summed E-state index contributed by atoms with van der Waals surface area (Å²) in [6, 6.07) is 8.59. The van der Waals surface area contributed by atoms with Crippen molar-refractivity contribution in [3.8, 4) is 11.5 Å². The molecule has 27 heavy (non-hydrogen) atoms. The van der Waals surface area contributed by atoms with Crippen molar-refractivity contribution in [2.24, 2.45) is 0 Å². The Balaban J connectivity index is 1.89. The van der Waals surface area contributed by atoms with Crippen LogP contribution in [0.15, 0.2) is 50.3 Å². The number of amides is 1. The summed E-state index contributed by atoms with van der Waals surface area (Å²) in [4.78, 5) is 28.9. The first-order valence-electron chi connectivity index (χ1n) is 8.44. The van der Waals surface area contributed by atoms with Crippen LogP contribution in [0.5, 0.6) is 0 Å². The van der Waals surface area contributed by atoms with Gasteiger partial charge in [-0.25, -0.2) is 0 Å². The highest BCUT2D eigenvalue weighted by Crippen LogP contribution is 2.30. The molecule has 0 aliphatic heterocycles. The van der Waals surface area contributed by atoms with E-state index in [-0.39, 0.29) is 23.9 Å². The molecule has 0 spiro atoms. The molecule has 2 heterocycles. The summed E-state index contributed by atoms with van der Waals surface area (Å²) in [5.74, 6) is 0.755. The van der Waals surface area contributed by atoms with E-state index in [1.165, 1.54) is 10.6 Å². The number of nitrogens with one attached hydrogen (secondary N) is 1. The first-order valence-corrected chi connectivity index (χ1v) is 9.24. The summed E-state index contributed by atoms with van der Waals surface area (Å²) in [5, 5.41) is 6.85. The number of anilines is 1. The SMILES string of the molecule is Cc1cccc(-c2nc(C(C)C)no2)c1NC(=O)Cn1cc(Br)ccc1=O. The molecule has 0 radical (unpaired) electrons. The molecule has 0 aliphatic carbocycles. The van der Waals surface area contributed by atoms with Crippen molar-refractivity contribution in [3.05, 3.63) is 62.7 Å². The predicted octanol–water partition coefficient (Wildman–Crippen LogP) is 3.73. The largest absolute Gasteiger partial charge is 0.334 e. The standard InChI is InChI=1S/C19H19BrN4O3/c1-11(2)18-22-19(27-23-18)14-6-4-5-12(3)17(14)21-15(25)10-24-9-13(20)7-8-16(24)26/h4-9,11H,10H2,1-3H3,(H,21,25). The number of aromatic nitrogens is 3. The number of rotatable bonds is 5. The Labute approximate surface area is 164 Å². The van der Waals surface area contributed by atoms with E-state index in [9.17, 15) is 9.59 Å². The number of pyridine rings is 1. The first kappa shape index (κ1) is 19.0. The molecule has 1 amide bonds. The second-order valence-electron chi connectivity index (χ2n) is 6.47. The second-order valence-corrected chi connectivity index (χ2v) is 7.39. The fourth-order valence-corrected chi connectivity index (χ4v) is 2.93. The summed E-state index contributed by atoms with van der Waals surface area (Å²) in [7, 11) is 0. The van der Waals surface area contributed by atoms with Crippen molar-refractivity contribution in [2.75, 3.05) is 5.32 Å². The molecule has 0 aliphatic rings. The van der Waals surface area contributed by atoms with Gasteiger partial charge < -0.3 is 14.4 Å². The van der Waals surface area contributed by atoms with Crippen molar-refractivity contribution < 1.29 is 9.32 Å². The predicted molar refractivity (Wildman–Crippen MR) is 106 cm³/mol. The molecule has 1 N–H and O–H groups in total. The van der Waals surface area contributed by atoms with Crippen LogP contribution in [0.25, 0.3) is 11.5 Å². The molecule has 8 heteroatoms. The molecular weight excluding hydrogens is 412 g/mol. The number of para-hydroxylation sites is 1. The van der Waals surface area contributed by atoms with Crippen molar-refractivity contribution in [3.63, 3.8) is 0 Å². The Bertz CT molecular complexity index is 1040. The number of halogens is 1. The number of nitrogens with zero attached hydrogens (tertiary/aromatic N) is 3. The van der Waals surface area contributed by atoms with Gasteiger partial charge in [0.2, 0.25) is 5.91 Å². The minimum absolute atomic E-state index is 0.104. The lowest BCUT2D eigenvalue weighted by atomic mass is 10.1. The van der Waals surface area contributed by atoms with Gasteiger partial charge >= 0.3 is 0 Å². The van der Waals surface area contributed by atoms with Crippen molar-refractivity contribution >= 4 is 27.5 Å². The monoisotopic (exact) mass is 430 g/mol. The molecule has 0 saturated carbocycles. The summed E-state index contributed by atoms with van der Waals surface area (Å²) in [6.45, 7) is 5.73. The number of benzene rings is 1. The van der Waals surface area contributed by atoms with Gasteiger partial charge in [0.25, 0.3) is 11.4 Å². The number of carbonyl (C=O) groups excluding carboxylic acids is 1. The van der Waals surface area contributed by atoms with Gasteiger partial charge in [-0.3, -0.25) is 9.59 Å². The average Bonchev–Trinajstić information content (AvgIpc) is 3.10. The second kappa shape index (κ2) is 7.87. The Kier molecular flexibility index (Phi) is 5.55. The third-order valence-corrected chi connectivity index (χ3v) is 4.46. The summed E-state index contributed by atoms with van der Waals surface area (Å²) in [5.41, 5.74) is 1.83. The molecule has 7 nitrogen and oxygen atoms in total. The van der Waals surface area contributed by atoms with Crippen LogP contribution in [-0.2, 0) is 11.3 Å². The van der Waals surface area contributed by atoms with Crippen LogP contribution in [0.2, 0.25) is 0 Å². The van der Waals surface area contributed by atoms with E-state index in [0.29, 0.717) is 23.0 Å². The zero-order chi connectivity index (χ0) is 19.6. The maximum Gasteiger partial charge on any atom is 0.260 e. The van der Waals surface area contributed by atoms with Gasteiger partial charge in [0.15, 0.2) is 5.82 Å². The van der Waals surface area contributed by atoms with Gasteiger partial charge in [-0.05, 0) is 40.5 Å². The Morgan fingerprint density at radius 1 is 1.30 bits per heavy atom. The van der Waals surface area contributed by atoms with Crippen molar-refractivity contribution in [1.29, 1.82) is 0 Å². The topological polar surface area (TPSA) is 90.0 Å². The van der Waals surface area contributed by atoms with Crippen LogP contribution in [0.3, 0.4) is 0 Å². The van der Waals surface area contributed by atoms with E-state index in [2.05, 4.69) is 31.4 Å². The highest BCUT2D eigenvalue weighted by molar-refractivity contribution is 9.10. The number of carbonyl (C=O) groups is 1. The zero-order valence-corrected chi connectivity index (χ0v) is 16.8. The van der Waals surface area contributed by atoms with E-state index in [4.69, 9.17) is 4.52 Å². The smallest absolute Gasteiger partial charge is 0.260 e. The van der Waals surface area contributed by atoms with E-state index >= 15 is 0 Å². The molecular formula is C19H19BrN4O3. The minimum Gasteiger partial charge on any atom is -0.334 e. The Hall–Kier alpha value is -2.74. The molecule has 0 fully saturated rings. The maximum atomic E-state index is 12.5. The van der Waals surface area contributed by atoms with E-state index in [1.54, 1.807) is 12.3 Å². The fourth-order valence-electron chi connectivity index (χ4n) is 2.55. The molecule has 0 unspecified atom stereocenters. The molecule has 3 rings (SSSR count). The molecule has 3 aromatic rings. The molecule has 140 valence electrons. The zero-order valence-electron chi connectivity index (χ0n) is 15.2. The van der Waals surface area contributed by atoms with Crippen LogP contribution in [0.1, 0.15) is 31.2 Å². The van der Waals surface area contributed by atoms with Gasteiger partial charge in [-0.2, -0.15) is 4.98 Å². The molecule has 1 aromatic carbocycles. The van der Waals surface area contributed by atoms with Crippen LogP contribution >= 0.6 is 15.9 Å². The molecule has 0 saturated heterocycles. The van der Waals surface area contributed by atoms with Crippen molar-refractivity contribution in [2.45, 2.75) is 33.2 Å². The molecule has 0 bridgehead atoms. The highest BCUT2D eigenvalue weighted by atomic mass is 79.9. The first-order chi connectivity index (χ1) is 12.8. The van der Waals surface area contributed by atoms with E-state index in [0.717, 1.165) is 10.0 Å². The lowest BCUT2D eigenvalue weighted by Gasteiger charge is -2.12. The van der Waals surface area contributed by atoms with Crippen molar-refractivity contribution in [1.82, 2.24) is 14.7 Å². The summed E-state index contributed by atoms with van der Waals surface area (Å²) < 4.78 is 7.42. The summed E-state index contributed by atoms with van der Waals surface area (Å²) in [6.07, 6.45) is 1.58. The quantitative estimate of drug-likeness (QED) is 0.665. The number of hydrogen-bond donors (Lipinski definition) is 1. The van der Waals surface area contributed by atoms with Gasteiger partial charge in [0.1, 0.15) is 6.54 Å². The molecule has 0 atom stereocenters. The fraction of sp³-hybridized carbons (Fsp3) is 0.263. The van der Waals surface area contributed by atoms with Gasteiger partial charge in [-0.15, -0.1) is 0 Å². The maximum absolute atomic E-state index is 12.5. The third kappa shape index (κ3) is 4.33. The van der Waals surface area contributed by atoms with Crippen LogP contribution in [0, 0.1) is 6.92 Å². The normalized spacial score (nSPS) is 11.0. The minimum atomic E-state index is -0.325. The Morgan fingerprint density at radius 3 is 2.78 bits per heavy atom. The summed E-state index contributed by atoms with van der Waals surface area (Å²) >= 11 is 3.30. The van der Waals surface area contributed by atoms with Gasteiger partial charge in [-0.1, -0.05) is 31.1 Å². The third-order valence-electron chi connectivity index (χ3n) is 3.99. The lowest BCUT2D eigenvalue weighted by Crippen LogP contribution is -2.27. The van der Waals surface area contributed by atoms with Crippen LogP contribution in [0.4, 0.5) is 5.69 Å². The number of hydrogen-bond acceptors (Lipinski definition) is 5. The van der Waals surface area contributed by atoms with Gasteiger partial charge in [0.05, 0.1) is 11.3 Å². The Morgan fingerprint density at radius 2 is 2.07 bits per heavy atom. The van der Waals surface area contributed by atoms with Crippen LogP contribution in [-0.4, -0.2) is 20.6 Å². The van der Waals surface area contributed by atoms with E-state index in [1.807, 2.05) is 39.0 Å². The van der Waals surface area contributed by atoms with Crippen LogP contribution < -0.4 is 10.9 Å². The van der Waals surface area contributed by atoms with Gasteiger partial charge in [0, 0.05) is 22.7 Å². The van der Waals surface area contributed by atoms with E-state index < -0.39 is 0 Å². The average molecular weight is 431 g/mol.